The molecule has 0 spiro atoms. The van der Waals surface area contributed by atoms with Crippen LogP contribution in [0.25, 0.3) is 21.9 Å². The van der Waals surface area contributed by atoms with E-state index in [2.05, 4.69) is 4.98 Å². The van der Waals surface area contributed by atoms with Crippen molar-refractivity contribution < 1.29 is 32.6 Å². The number of benzene rings is 1. The maximum Gasteiger partial charge on any atom is 0.371 e. The highest BCUT2D eigenvalue weighted by Crippen LogP contribution is 2.32. The number of hydrogen-bond acceptors (Lipinski definition) is 7. The van der Waals surface area contributed by atoms with E-state index in [4.69, 9.17) is 4.42 Å². The Labute approximate surface area is 164 Å². The second-order valence-corrected chi connectivity index (χ2v) is 8.62. The van der Waals surface area contributed by atoms with Crippen molar-refractivity contribution in [3.8, 4) is 0 Å². The molecule has 0 amide bonds. The molecule has 0 bridgehead atoms. The van der Waals surface area contributed by atoms with Crippen molar-refractivity contribution in [2.24, 2.45) is 0 Å². The molecule has 3 rings (SSSR count). The SMILES string of the molecule is CCCc1c2nc(C(=O)O)cc(S(=O)(=O)CC)c2cc2c(=O)cc(C(=O)O)oc12. The molecule has 2 heterocycles. The molecule has 0 saturated heterocycles. The Morgan fingerprint density at radius 2 is 1.76 bits per heavy atom. The zero-order valence-corrected chi connectivity index (χ0v) is 16.4. The number of rotatable bonds is 6. The highest BCUT2D eigenvalue weighted by atomic mass is 32.2. The number of carboxylic acid groups (broad SMARTS) is 2. The number of sulfone groups is 1. The van der Waals surface area contributed by atoms with Gasteiger partial charge >= 0.3 is 11.9 Å². The second-order valence-electron chi connectivity index (χ2n) is 6.37. The van der Waals surface area contributed by atoms with Crippen molar-refractivity contribution in [2.75, 3.05) is 5.75 Å². The number of pyridine rings is 1. The molecule has 0 atom stereocenters. The Bertz CT molecular complexity index is 1340. The fourth-order valence-electron chi connectivity index (χ4n) is 3.13. The van der Waals surface area contributed by atoms with Gasteiger partial charge in [-0.2, -0.15) is 0 Å². The van der Waals surface area contributed by atoms with E-state index in [-0.39, 0.29) is 44.5 Å². The van der Waals surface area contributed by atoms with E-state index in [1.165, 1.54) is 13.0 Å². The molecule has 0 radical (unpaired) electrons. The van der Waals surface area contributed by atoms with Gasteiger partial charge in [0.2, 0.25) is 5.76 Å². The van der Waals surface area contributed by atoms with Crippen LogP contribution in [-0.4, -0.2) is 41.3 Å². The zero-order valence-electron chi connectivity index (χ0n) is 15.6. The molecule has 29 heavy (non-hydrogen) atoms. The maximum absolute atomic E-state index is 12.6. The summed E-state index contributed by atoms with van der Waals surface area (Å²) in [6.45, 7) is 3.23. The molecular formula is C19H17NO8S. The van der Waals surface area contributed by atoms with Gasteiger partial charge in [0.05, 0.1) is 21.6 Å². The minimum absolute atomic E-state index is 0.00313. The van der Waals surface area contributed by atoms with Crippen LogP contribution in [0.2, 0.25) is 0 Å². The van der Waals surface area contributed by atoms with Gasteiger partial charge in [-0.25, -0.2) is 23.0 Å². The highest BCUT2D eigenvalue weighted by Gasteiger charge is 2.24. The Kier molecular flexibility index (Phi) is 5.14. The van der Waals surface area contributed by atoms with Gasteiger partial charge in [-0.15, -0.1) is 0 Å². The molecule has 2 N–H and O–H groups in total. The Hall–Kier alpha value is -3.27. The standard InChI is InChI=1S/C19H17NO8S/c1-3-5-9-16-11(6-10-13(21)8-14(19(24)25)28-17(9)10)15(29(26,27)4-2)7-12(20-16)18(22)23/h6-8H,3-5H2,1-2H3,(H,22,23)(H,24,25). The molecule has 0 unspecified atom stereocenters. The largest absolute Gasteiger partial charge is 0.477 e. The molecule has 0 fully saturated rings. The average Bonchev–Trinajstić information content (AvgIpc) is 2.67. The lowest BCUT2D eigenvalue weighted by Gasteiger charge is -2.13. The number of nitrogens with zero attached hydrogens (tertiary/aromatic N) is 1. The Morgan fingerprint density at radius 1 is 1.07 bits per heavy atom. The van der Waals surface area contributed by atoms with Gasteiger partial charge in [-0.1, -0.05) is 20.3 Å². The van der Waals surface area contributed by atoms with E-state index in [9.17, 15) is 33.0 Å². The molecule has 152 valence electrons. The molecular weight excluding hydrogens is 402 g/mol. The quantitative estimate of drug-likeness (QED) is 0.574. The van der Waals surface area contributed by atoms with Crippen molar-refractivity contribution >= 4 is 43.6 Å². The lowest BCUT2D eigenvalue weighted by Crippen LogP contribution is -2.12. The summed E-state index contributed by atoms with van der Waals surface area (Å²) in [6.07, 6.45) is 0.797. The number of hydrogen-bond donors (Lipinski definition) is 2. The average molecular weight is 419 g/mol. The number of carbonyl (C=O) groups is 2. The highest BCUT2D eigenvalue weighted by molar-refractivity contribution is 7.91. The van der Waals surface area contributed by atoms with Crippen LogP contribution in [0.3, 0.4) is 0 Å². The first kappa shape index (κ1) is 20.5. The van der Waals surface area contributed by atoms with Crippen LogP contribution in [0.5, 0.6) is 0 Å². The van der Waals surface area contributed by atoms with Gasteiger partial charge in [0.1, 0.15) is 11.3 Å². The van der Waals surface area contributed by atoms with Crippen molar-refractivity contribution in [2.45, 2.75) is 31.6 Å². The first-order chi connectivity index (χ1) is 13.6. The molecule has 0 saturated carbocycles. The number of aromatic carboxylic acids is 2. The van der Waals surface area contributed by atoms with Crippen molar-refractivity contribution in [1.82, 2.24) is 4.98 Å². The van der Waals surface area contributed by atoms with Crippen LogP contribution < -0.4 is 5.43 Å². The fourth-order valence-corrected chi connectivity index (χ4v) is 4.22. The summed E-state index contributed by atoms with van der Waals surface area (Å²) in [5, 5.41) is 18.7. The van der Waals surface area contributed by atoms with Crippen LogP contribution in [0.15, 0.2) is 32.3 Å². The second kappa shape index (κ2) is 7.28. The summed E-state index contributed by atoms with van der Waals surface area (Å²) in [5.74, 6) is -3.70. The molecule has 0 aliphatic rings. The van der Waals surface area contributed by atoms with Crippen molar-refractivity contribution in [1.29, 1.82) is 0 Å². The molecule has 1 aromatic carbocycles. The van der Waals surface area contributed by atoms with Gasteiger partial charge in [0, 0.05) is 17.0 Å². The summed E-state index contributed by atoms with van der Waals surface area (Å²) in [5.41, 5.74) is -0.824. The van der Waals surface area contributed by atoms with Crippen LogP contribution in [0.4, 0.5) is 0 Å². The summed E-state index contributed by atoms with van der Waals surface area (Å²) in [7, 11) is -3.85. The van der Waals surface area contributed by atoms with Crippen LogP contribution in [0.1, 0.15) is 46.9 Å². The third-order valence-electron chi connectivity index (χ3n) is 4.50. The predicted molar refractivity (Wildman–Crippen MR) is 103 cm³/mol. The lowest BCUT2D eigenvalue weighted by molar-refractivity contribution is 0.0659. The summed E-state index contributed by atoms with van der Waals surface area (Å²) in [6, 6.07) is 3.06. The van der Waals surface area contributed by atoms with E-state index in [0.29, 0.717) is 6.42 Å². The zero-order chi connectivity index (χ0) is 21.5. The molecule has 3 aromatic rings. The third kappa shape index (κ3) is 3.46. The number of aryl methyl sites for hydroxylation is 1. The Morgan fingerprint density at radius 3 is 2.31 bits per heavy atom. The van der Waals surface area contributed by atoms with E-state index < -0.39 is 38.7 Å². The number of carboxylic acids is 2. The summed E-state index contributed by atoms with van der Waals surface area (Å²) < 4.78 is 30.7. The first-order valence-corrected chi connectivity index (χ1v) is 10.4. The van der Waals surface area contributed by atoms with Crippen LogP contribution >= 0.6 is 0 Å². The number of aromatic nitrogens is 1. The van der Waals surface area contributed by atoms with Gasteiger partial charge in [0.15, 0.2) is 15.3 Å². The van der Waals surface area contributed by atoms with Gasteiger partial charge in [0.25, 0.3) is 0 Å². The minimum atomic E-state index is -3.85. The predicted octanol–water partition coefficient (Wildman–Crippen LogP) is 2.48. The smallest absolute Gasteiger partial charge is 0.371 e. The van der Waals surface area contributed by atoms with E-state index >= 15 is 0 Å². The van der Waals surface area contributed by atoms with Gasteiger partial charge in [-0.3, -0.25) is 4.79 Å². The molecule has 10 heteroatoms. The van der Waals surface area contributed by atoms with E-state index in [1.54, 1.807) is 0 Å². The maximum atomic E-state index is 12.6. The monoisotopic (exact) mass is 419 g/mol. The first-order valence-electron chi connectivity index (χ1n) is 8.74. The third-order valence-corrected chi connectivity index (χ3v) is 6.27. The lowest BCUT2D eigenvalue weighted by atomic mass is 10.0. The fraction of sp³-hybridized carbons (Fsp3) is 0.263. The number of fused-ring (bicyclic) bond motifs is 2. The summed E-state index contributed by atoms with van der Waals surface area (Å²) in [4.78, 5) is 39.2. The normalized spacial score (nSPS) is 11.8. The topological polar surface area (TPSA) is 152 Å². The van der Waals surface area contributed by atoms with E-state index in [0.717, 1.165) is 12.1 Å². The van der Waals surface area contributed by atoms with Gasteiger partial charge < -0.3 is 14.6 Å². The van der Waals surface area contributed by atoms with Crippen molar-refractivity contribution in [3.05, 3.63) is 45.4 Å². The molecule has 9 nitrogen and oxygen atoms in total. The Balaban J connectivity index is 2.64. The summed E-state index contributed by atoms with van der Waals surface area (Å²) >= 11 is 0. The molecule has 0 aliphatic heterocycles. The molecule has 0 aliphatic carbocycles. The minimum Gasteiger partial charge on any atom is -0.477 e. The van der Waals surface area contributed by atoms with Crippen LogP contribution in [-0.2, 0) is 16.3 Å². The van der Waals surface area contributed by atoms with Crippen molar-refractivity contribution in [3.63, 3.8) is 0 Å². The van der Waals surface area contributed by atoms with Gasteiger partial charge in [-0.05, 0) is 18.6 Å². The van der Waals surface area contributed by atoms with E-state index in [1.807, 2.05) is 6.92 Å². The van der Waals surface area contributed by atoms with Crippen LogP contribution in [0, 0.1) is 0 Å². The molecule has 2 aromatic heterocycles.